The molecule has 1 aliphatic carbocycles. The first-order valence-electron chi connectivity index (χ1n) is 6.92. The number of anilines is 1. The third-order valence-electron chi connectivity index (χ3n) is 4.02. The van der Waals surface area contributed by atoms with Crippen molar-refractivity contribution in [3.8, 4) is 5.75 Å². The van der Waals surface area contributed by atoms with E-state index in [2.05, 4.69) is 11.8 Å². The highest BCUT2D eigenvalue weighted by molar-refractivity contribution is 5.93. The molecule has 0 spiro atoms. The van der Waals surface area contributed by atoms with Crippen LogP contribution in [0.25, 0.3) is 0 Å². The summed E-state index contributed by atoms with van der Waals surface area (Å²) in [4.78, 5) is 13.5. The van der Waals surface area contributed by atoms with Gasteiger partial charge < -0.3 is 14.7 Å². The molecule has 0 amide bonds. The van der Waals surface area contributed by atoms with E-state index in [1.807, 2.05) is 6.07 Å². The van der Waals surface area contributed by atoms with Crippen LogP contribution in [0.2, 0.25) is 0 Å². The zero-order chi connectivity index (χ0) is 13.4. The minimum atomic E-state index is -0.923. The number of carboxylic acids is 1. The number of benzene rings is 1. The van der Waals surface area contributed by atoms with Crippen LogP contribution in [-0.2, 0) is 0 Å². The molecule has 1 N–H and O–H groups in total. The zero-order valence-electron chi connectivity index (χ0n) is 11.1. The first-order valence-corrected chi connectivity index (χ1v) is 6.92. The van der Waals surface area contributed by atoms with Crippen LogP contribution < -0.4 is 9.64 Å². The maximum Gasteiger partial charge on any atom is 0.339 e. The molecule has 1 unspecified atom stereocenters. The van der Waals surface area contributed by atoms with Gasteiger partial charge in [-0.05, 0) is 31.4 Å². The van der Waals surface area contributed by atoms with Gasteiger partial charge >= 0.3 is 5.97 Å². The van der Waals surface area contributed by atoms with Gasteiger partial charge in [0.2, 0.25) is 0 Å². The van der Waals surface area contributed by atoms with Gasteiger partial charge in [-0.1, -0.05) is 18.9 Å². The van der Waals surface area contributed by atoms with Crippen molar-refractivity contribution in [3.05, 3.63) is 23.8 Å². The molecule has 0 aromatic heterocycles. The number of hydrogen-bond acceptors (Lipinski definition) is 3. The minimum Gasteiger partial charge on any atom is -0.489 e. The minimum absolute atomic E-state index is 0.265. The molecule has 19 heavy (non-hydrogen) atoms. The Balaban J connectivity index is 1.90. The lowest BCUT2D eigenvalue weighted by Crippen LogP contribution is -2.40. The van der Waals surface area contributed by atoms with Crippen LogP contribution >= 0.6 is 0 Å². The highest BCUT2D eigenvalue weighted by Gasteiger charge is 2.30. The lowest BCUT2D eigenvalue weighted by atomic mass is 10.1. The molecule has 4 heteroatoms. The third-order valence-corrected chi connectivity index (χ3v) is 4.02. The van der Waals surface area contributed by atoms with Crippen LogP contribution in [0.1, 0.15) is 36.5 Å². The van der Waals surface area contributed by atoms with Crippen LogP contribution in [0.4, 0.5) is 5.69 Å². The van der Waals surface area contributed by atoms with E-state index in [4.69, 9.17) is 4.74 Å². The van der Waals surface area contributed by atoms with Gasteiger partial charge in [-0.25, -0.2) is 4.79 Å². The van der Waals surface area contributed by atoms with Gasteiger partial charge in [0.05, 0.1) is 12.2 Å². The number of carbonyl (C=O) groups is 1. The van der Waals surface area contributed by atoms with E-state index in [1.54, 1.807) is 12.1 Å². The molecule has 1 saturated carbocycles. The SMILES string of the molecule is CC(CC1CC1)N1CCOc2c(C(=O)O)cccc21. The molecular weight excluding hydrogens is 242 g/mol. The van der Waals surface area contributed by atoms with Crippen molar-refractivity contribution >= 4 is 11.7 Å². The number of hydrogen-bond donors (Lipinski definition) is 1. The highest BCUT2D eigenvalue weighted by atomic mass is 16.5. The second-order valence-corrected chi connectivity index (χ2v) is 5.53. The standard InChI is InChI=1S/C15H19NO3/c1-10(9-11-5-6-11)16-7-8-19-14-12(15(17)18)3-2-4-13(14)16/h2-4,10-11H,5-9H2,1H3,(H,17,18). The molecule has 1 aromatic carbocycles. The second-order valence-electron chi connectivity index (χ2n) is 5.53. The summed E-state index contributed by atoms with van der Waals surface area (Å²) in [6.07, 6.45) is 3.88. The summed E-state index contributed by atoms with van der Waals surface area (Å²) >= 11 is 0. The lowest BCUT2D eigenvalue weighted by Gasteiger charge is -2.36. The van der Waals surface area contributed by atoms with E-state index in [0.29, 0.717) is 18.4 Å². The number of carboxylic acid groups (broad SMARTS) is 1. The molecule has 0 saturated heterocycles. The molecule has 1 aromatic rings. The fourth-order valence-electron chi connectivity index (χ4n) is 2.86. The maximum absolute atomic E-state index is 11.2. The summed E-state index contributed by atoms with van der Waals surface area (Å²) < 4.78 is 5.59. The van der Waals surface area contributed by atoms with E-state index in [9.17, 15) is 9.90 Å². The predicted octanol–water partition coefficient (Wildman–Crippen LogP) is 2.77. The maximum atomic E-state index is 11.2. The first kappa shape index (κ1) is 12.3. The Kier molecular flexibility index (Phi) is 3.09. The third kappa shape index (κ3) is 2.39. The molecule has 3 rings (SSSR count). The molecule has 1 atom stereocenters. The molecule has 2 aliphatic rings. The summed E-state index contributed by atoms with van der Waals surface area (Å²) in [6.45, 7) is 3.62. The van der Waals surface area contributed by atoms with Crippen LogP contribution in [0, 0.1) is 5.92 Å². The summed E-state index contributed by atoms with van der Waals surface area (Å²) in [5.74, 6) is 0.474. The lowest BCUT2D eigenvalue weighted by molar-refractivity contribution is 0.0692. The quantitative estimate of drug-likeness (QED) is 0.905. The first-order chi connectivity index (χ1) is 9.16. The Morgan fingerprint density at radius 1 is 1.53 bits per heavy atom. The van der Waals surface area contributed by atoms with Crippen molar-refractivity contribution in [2.24, 2.45) is 5.92 Å². The number of rotatable bonds is 4. The Labute approximate surface area is 113 Å². The van der Waals surface area contributed by atoms with Crippen LogP contribution in [0.3, 0.4) is 0 Å². The van der Waals surface area contributed by atoms with Gasteiger partial charge in [0, 0.05) is 6.04 Å². The summed E-state index contributed by atoms with van der Waals surface area (Å²) in [7, 11) is 0. The Morgan fingerprint density at radius 2 is 2.32 bits per heavy atom. The van der Waals surface area contributed by atoms with Crippen molar-refractivity contribution in [1.29, 1.82) is 0 Å². The summed E-state index contributed by atoms with van der Waals surface area (Å²) in [5, 5.41) is 9.22. The Hall–Kier alpha value is -1.71. The fraction of sp³-hybridized carbons (Fsp3) is 0.533. The van der Waals surface area contributed by atoms with Gasteiger partial charge in [0.15, 0.2) is 5.75 Å². The van der Waals surface area contributed by atoms with E-state index in [0.717, 1.165) is 18.2 Å². The van der Waals surface area contributed by atoms with Gasteiger partial charge in [0.1, 0.15) is 12.2 Å². The molecule has 102 valence electrons. The summed E-state index contributed by atoms with van der Waals surface area (Å²) in [6, 6.07) is 5.81. The van der Waals surface area contributed by atoms with Crippen molar-refractivity contribution in [2.75, 3.05) is 18.1 Å². The van der Waals surface area contributed by atoms with E-state index in [-0.39, 0.29) is 5.56 Å². The Morgan fingerprint density at radius 3 is 3.00 bits per heavy atom. The fourth-order valence-corrected chi connectivity index (χ4v) is 2.86. The molecule has 1 aliphatic heterocycles. The largest absolute Gasteiger partial charge is 0.489 e. The number of nitrogens with zero attached hydrogens (tertiary/aromatic N) is 1. The second kappa shape index (κ2) is 4.76. The van der Waals surface area contributed by atoms with E-state index < -0.39 is 5.97 Å². The molecule has 1 heterocycles. The predicted molar refractivity (Wildman–Crippen MR) is 73.0 cm³/mol. The molecule has 0 radical (unpaired) electrons. The molecule has 0 bridgehead atoms. The number of aromatic carboxylic acids is 1. The summed E-state index contributed by atoms with van der Waals surface area (Å²) in [5.41, 5.74) is 1.19. The van der Waals surface area contributed by atoms with Crippen LogP contribution in [-0.4, -0.2) is 30.3 Å². The number of para-hydroxylation sites is 1. The van der Waals surface area contributed by atoms with Gasteiger partial charge in [-0.15, -0.1) is 0 Å². The van der Waals surface area contributed by atoms with Crippen molar-refractivity contribution in [3.63, 3.8) is 0 Å². The van der Waals surface area contributed by atoms with Gasteiger partial charge in [-0.3, -0.25) is 0 Å². The van der Waals surface area contributed by atoms with Gasteiger partial charge in [0.25, 0.3) is 0 Å². The zero-order valence-corrected chi connectivity index (χ0v) is 11.1. The smallest absolute Gasteiger partial charge is 0.339 e. The molecule has 1 fully saturated rings. The molecular formula is C15H19NO3. The van der Waals surface area contributed by atoms with Crippen LogP contribution in [0.15, 0.2) is 18.2 Å². The normalized spacial score (nSPS) is 19.5. The Bertz CT molecular complexity index is 496. The number of fused-ring (bicyclic) bond motifs is 1. The average Bonchev–Trinajstić information content (AvgIpc) is 3.21. The topological polar surface area (TPSA) is 49.8 Å². The highest BCUT2D eigenvalue weighted by Crippen LogP contribution is 2.40. The van der Waals surface area contributed by atoms with E-state index in [1.165, 1.54) is 19.3 Å². The van der Waals surface area contributed by atoms with Crippen molar-refractivity contribution < 1.29 is 14.6 Å². The van der Waals surface area contributed by atoms with Crippen molar-refractivity contribution in [2.45, 2.75) is 32.2 Å². The van der Waals surface area contributed by atoms with Gasteiger partial charge in [-0.2, -0.15) is 0 Å². The monoisotopic (exact) mass is 261 g/mol. The van der Waals surface area contributed by atoms with Crippen molar-refractivity contribution in [1.82, 2.24) is 0 Å². The van der Waals surface area contributed by atoms with Crippen LogP contribution in [0.5, 0.6) is 5.75 Å². The average molecular weight is 261 g/mol. The van der Waals surface area contributed by atoms with E-state index >= 15 is 0 Å². The number of ether oxygens (including phenoxy) is 1. The molecule has 4 nitrogen and oxygen atoms in total.